The first-order valence-corrected chi connectivity index (χ1v) is 10.8. The summed E-state index contributed by atoms with van der Waals surface area (Å²) in [6.45, 7) is 5.39. The van der Waals surface area contributed by atoms with Crippen LogP contribution in [-0.2, 0) is 19.4 Å². The van der Waals surface area contributed by atoms with E-state index >= 15 is 0 Å². The zero-order valence-electron chi connectivity index (χ0n) is 16.1. The van der Waals surface area contributed by atoms with E-state index in [-0.39, 0.29) is 21.4 Å². The van der Waals surface area contributed by atoms with E-state index in [2.05, 4.69) is 5.32 Å². The summed E-state index contributed by atoms with van der Waals surface area (Å²) in [4.78, 5) is 24.5. The number of nitrogens with one attached hydrogen (secondary N) is 1. The molecular weight excluding hydrogens is 402 g/mol. The van der Waals surface area contributed by atoms with Gasteiger partial charge in [0.15, 0.2) is 16.4 Å². The lowest BCUT2D eigenvalue weighted by Crippen LogP contribution is -2.22. The Balaban J connectivity index is 2.11. The number of amides is 1. The van der Waals surface area contributed by atoms with Crippen LogP contribution in [0.2, 0.25) is 5.02 Å². The minimum atomic E-state index is -3.51. The van der Waals surface area contributed by atoms with Gasteiger partial charge < -0.3 is 10.1 Å². The zero-order valence-corrected chi connectivity index (χ0v) is 17.6. The number of anilines is 1. The quantitative estimate of drug-likeness (QED) is 0.710. The molecule has 0 unspecified atom stereocenters. The molecule has 0 saturated heterocycles. The van der Waals surface area contributed by atoms with Gasteiger partial charge in [-0.25, -0.2) is 13.2 Å². The van der Waals surface area contributed by atoms with Gasteiger partial charge in [0.05, 0.1) is 15.5 Å². The summed E-state index contributed by atoms with van der Waals surface area (Å²) in [6, 6.07) is 9.45. The van der Waals surface area contributed by atoms with Gasteiger partial charge in [0.1, 0.15) is 0 Å². The van der Waals surface area contributed by atoms with Gasteiger partial charge in [0.25, 0.3) is 5.91 Å². The summed E-state index contributed by atoms with van der Waals surface area (Å²) in [7, 11) is -3.51. The Morgan fingerprint density at radius 1 is 1.18 bits per heavy atom. The van der Waals surface area contributed by atoms with Gasteiger partial charge in [-0.15, -0.1) is 0 Å². The first-order chi connectivity index (χ1) is 13.0. The molecule has 0 spiro atoms. The Kier molecular flexibility index (Phi) is 6.85. The van der Waals surface area contributed by atoms with Crippen molar-refractivity contribution in [3.8, 4) is 0 Å². The molecule has 0 aliphatic heterocycles. The number of sulfone groups is 1. The Morgan fingerprint density at radius 3 is 2.46 bits per heavy atom. The normalized spacial score (nSPS) is 11.4. The van der Waals surface area contributed by atoms with Crippen LogP contribution in [0, 0.1) is 6.92 Å². The second kappa shape index (κ2) is 8.75. The third-order valence-corrected chi connectivity index (χ3v) is 5.55. The highest BCUT2D eigenvalue weighted by molar-refractivity contribution is 7.90. The van der Waals surface area contributed by atoms with E-state index in [4.69, 9.17) is 16.3 Å². The number of benzene rings is 2. The molecule has 1 N–H and O–H groups in total. The molecule has 0 radical (unpaired) electrons. The fourth-order valence-corrected chi connectivity index (χ4v) is 3.46. The number of rotatable bonds is 6. The highest BCUT2D eigenvalue weighted by atomic mass is 35.5. The average Bonchev–Trinajstić information content (AvgIpc) is 2.60. The van der Waals surface area contributed by atoms with Crippen molar-refractivity contribution in [2.24, 2.45) is 0 Å². The van der Waals surface area contributed by atoms with Crippen molar-refractivity contribution in [3.63, 3.8) is 0 Å². The third-order valence-electron chi connectivity index (χ3n) is 4.11. The topological polar surface area (TPSA) is 89.5 Å². The monoisotopic (exact) mass is 423 g/mol. The number of esters is 1. The summed E-state index contributed by atoms with van der Waals surface area (Å²) < 4.78 is 28.3. The number of halogens is 1. The van der Waals surface area contributed by atoms with E-state index in [1.54, 1.807) is 0 Å². The van der Waals surface area contributed by atoms with E-state index in [0.29, 0.717) is 5.69 Å². The minimum absolute atomic E-state index is 0.0406. The van der Waals surface area contributed by atoms with E-state index < -0.39 is 28.3 Å². The van der Waals surface area contributed by atoms with Gasteiger partial charge in [0, 0.05) is 11.9 Å². The fourth-order valence-electron chi connectivity index (χ4n) is 2.62. The van der Waals surface area contributed by atoms with Gasteiger partial charge in [-0.1, -0.05) is 43.6 Å². The highest BCUT2D eigenvalue weighted by Crippen LogP contribution is 2.27. The van der Waals surface area contributed by atoms with Crippen LogP contribution in [0.4, 0.5) is 5.69 Å². The van der Waals surface area contributed by atoms with Crippen LogP contribution in [-0.4, -0.2) is 33.2 Å². The lowest BCUT2D eigenvalue weighted by molar-refractivity contribution is -0.119. The SMILES string of the molecule is Cc1cccc(C(C)C)c1NC(=O)COC(=O)c1cc(S(C)(=O)=O)ccc1Cl. The van der Waals surface area contributed by atoms with Crippen LogP contribution in [0.1, 0.15) is 41.3 Å². The van der Waals surface area contributed by atoms with Gasteiger partial charge in [-0.2, -0.15) is 0 Å². The summed E-state index contributed by atoms with van der Waals surface area (Å²) in [5.41, 5.74) is 2.45. The van der Waals surface area contributed by atoms with Gasteiger partial charge in [0.2, 0.25) is 0 Å². The molecule has 2 rings (SSSR count). The van der Waals surface area contributed by atoms with Crippen molar-refractivity contribution < 1.29 is 22.7 Å². The van der Waals surface area contributed by atoms with E-state index in [1.165, 1.54) is 12.1 Å². The van der Waals surface area contributed by atoms with Gasteiger partial charge in [-0.3, -0.25) is 4.79 Å². The molecule has 6 nitrogen and oxygen atoms in total. The molecule has 0 heterocycles. The van der Waals surface area contributed by atoms with Crippen molar-refractivity contribution in [2.45, 2.75) is 31.6 Å². The maximum atomic E-state index is 12.3. The lowest BCUT2D eigenvalue weighted by Gasteiger charge is -2.16. The van der Waals surface area contributed by atoms with Crippen LogP contribution in [0.3, 0.4) is 0 Å². The van der Waals surface area contributed by atoms with Crippen molar-refractivity contribution >= 4 is 39.0 Å². The molecule has 0 saturated carbocycles. The van der Waals surface area contributed by atoms with Crippen molar-refractivity contribution in [2.75, 3.05) is 18.2 Å². The molecule has 2 aromatic carbocycles. The molecular formula is C20H22ClNO5S. The molecule has 0 bridgehead atoms. The number of hydrogen-bond donors (Lipinski definition) is 1. The second-order valence-corrected chi connectivity index (χ2v) is 9.15. The largest absolute Gasteiger partial charge is 0.452 e. The number of ether oxygens (including phenoxy) is 1. The number of carbonyl (C=O) groups is 2. The number of carbonyl (C=O) groups excluding carboxylic acids is 2. The predicted molar refractivity (Wildman–Crippen MR) is 109 cm³/mol. The second-order valence-electron chi connectivity index (χ2n) is 6.73. The van der Waals surface area contributed by atoms with Gasteiger partial charge >= 0.3 is 5.97 Å². The molecule has 0 aliphatic carbocycles. The molecule has 28 heavy (non-hydrogen) atoms. The molecule has 0 fully saturated rings. The molecule has 8 heteroatoms. The average molecular weight is 424 g/mol. The van der Waals surface area contributed by atoms with E-state index in [1.807, 2.05) is 39.0 Å². The van der Waals surface area contributed by atoms with E-state index in [0.717, 1.165) is 23.4 Å². The summed E-state index contributed by atoms with van der Waals surface area (Å²) >= 11 is 5.97. The lowest BCUT2D eigenvalue weighted by atomic mass is 9.98. The van der Waals surface area contributed by atoms with Crippen LogP contribution >= 0.6 is 11.6 Å². The first kappa shape index (κ1) is 21.9. The summed E-state index contributed by atoms with van der Waals surface area (Å²) in [5.74, 6) is -1.17. The minimum Gasteiger partial charge on any atom is -0.452 e. The molecule has 2 aromatic rings. The van der Waals surface area contributed by atoms with Crippen LogP contribution in [0.25, 0.3) is 0 Å². The Morgan fingerprint density at radius 2 is 1.86 bits per heavy atom. The maximum absolute atomic E-state index is 12.3. The van der Waals surface area contributed by atoms with E-state index in [9.17, 15) is 18.0 Å². The standard InChI is InChI=1S/C20H22ClNO5S/c1-12(2)15-7-5-6-13(3)19(15)22-18(23)11-27-20(24)16-10-14(28(4,25)26)8-9-17(16)21/h5-10,12H,11H2,1-4H3,(H,22,23). The van der Waals surface area contributed by atoms with Crippen LogP contribution in [0.15, 0.2) is 41.3 Å². The molecule has 1 amide bonds. The molecule has 150 valence electrons. The maximum Gasteiger partial charge on any atom is 0.340 e. The van der Waals surface area contributed by atoms with Crippen LogP contribution in [0.5, 0.6) is 0 Å². The van der Waals surface area contributed by atoms with Crippen LogP contribution < -0.4 is 5.32 Å². The third kappa shape index (κ3) is 5.33. The Labute approximate surface area is 169 Å². The first-order valence-electron chi connectivity index (χ1n) is 8.56. The molecule has 0 atom stereocenters. The van der Waals surface area contributed by atoms with Crippen molar-refractivity contribution in [1.82, 2.24) is 0 Å². The molecule has 0 aromatic heterocycles. The Bertz CT molecular complexity index is 1020. The summed E-state index contributed by atoms with van der Waals surface area (Å²) in [5, 5.41) is 2.81. The van der Waals surface area contributed by atoms with Crippen molar-refractivity contribution in [1.29, 1.82) is 0 Å². The Hall–Kier alpha value is -2.38. The van der Waals surface area contributed by atoms with Gasteiger partial charge in [-0.05, 0) is 42.2 Å². The summed E-state index contributed by atoms with van der Waals surface area (Å²) in [6.07, 6.45) is 1.02. The van der Waals surface area contributed by atoms with Crippen molar-refractivity contribution in [3.05, 3.63) is 58.1 Å². The predicted octanol–water partition coefficient (Wildman–Crippen LogP) is 3.97. The fraction of sp³-hybridized carbons (Fsp3) is 0.300. The smallest absolute Gasteiger partial charge is 0.340 e. The number of hydrogen-bond acceptors (Lipinski definition) is 5. The zero-order chi connectivity index (χ0) is 21.1. The number of aryl methyl sites for hydroxylation is 1. The molecule has 0 aliphatic rings. The highest BCUT2D eigenvalue weighted by Gasteiger charge is 2.18. The number of para-hydroxylation sites is 1.